The molecule has 148 valence electrons. The normalized spacial score (nSPS) is 12.5. The molecule has 0 heterocycles. The van der Waals surface area contributed by atoms with E-state index in [2.05, 4.69) is 17.2 Å². The molecule has 1 atom stereocenters. The highest BCUT2D eigenvalue weighted by atomic mass is 16.6. The second-order valence-electron chi connectivity index (χ2n) is 6.56. The molecule has 1 amide bonds. The number of hydrogen-bond donors (Lipinski definition) is 2. The number of aryl methyl sites for hydroxylation is 1. The summed E-state index contributed by atoms with van der Waals surface area (Å²) in [5, 5.41) is 5.99. The largest absolute Gasteiger partial charge is 0.496 e. The van der Waals surface area contributed by atoms with Gasteiger partial charge < -0.3 is 14.8 Å². The van der Waals surface area contributed by atoms with Gasteiger partial charge in [0.05, 0.1) is 18.5 Å². The van der Waals surface area contributed by atoms with Crippen LogP contribution in [0.3, 0.4) is 0 Å². The Hall–Kier alpha value is -3.21. The summed E-state index contributed by atoms with van der Waals surface area (Å²) < 4.78 is 10.9. The molecule has 2 rings (SSSR count). The van der Waals surface area contributed by atoms with Crippen molar-refractivity contribution < 1.29 is 14.3 Å². The van der Waals surface area contributed by atoms with Crippen molar-refractivity contribution in [1.29, 1.82) is 0 Å². The molecular formula is C23H28N2O3. The molecule has 0 fully saturated rings. The molecular weight excluding hydrogens is 352 g/mol. The van der Waals surface area contributed by atoms with E-state index in [0.717, 1.165) is 22.4 Å². The minimum atomic E-state index is -0.559. The van der Waals surface area contributed by atoms with Crippen molar-refractivity contribution in [3.8, 4) is 5.75 Å². The quantitative estimate of drug-likeness (QED) is 0.667. The summed E-state index contributed by atoms with van der Waals surface area (Å²) in [6.07, 6.45) is -1.03. The predicted molar refractivity (Wildman–Crippen MR) is 113 cm³/mol. The first-order chi connectivity index (χ1) is 13.4. The van der Waals surface area contributed by atoms with Crippen molar-refractivity contribution in [3.05, 3.63) is 83.1 Å². The molecule has 28 heavy (non-hydrogen) atoms. The van der Waals surface area contributed by atoms with Gasteiger partial charge >= 0.3 is 6.09 Å². The Kier molecular flexibility index (Phi) is 7.27. The molecule has 5 nitrogen and oxygen atoms in total. The molecule has 0 saturated heterocycles. The third-order valence-electron chi connectivity index (χ3n) is 4.35. The number of hydrogen-bond acceptors (Lipinski definition) is 4. The van der Waals surface area contributed by atoms with Crippen molar-refractivity contribution in [1.82, 2.24) is 10.6 Å². The molecule has 0 radical (unpaired) electrons. The van der Waals surface area contributed by atoms with E-state index in [1.807, 2.05) is 69.4 Å². The Labute approximate surface area is 167 Å². The lowest BCUT2D eigenvalue weighted by Crippen LogP contribution is -2.28. The zero-order chi connectivity index (χ0) is 20.7. The molecule has 2 N–H and O–H groups in total. The number of methoxy groups -OCH3 is 1. The first kappa shape index (κ1) is 21.1. The second-order valence-corrected chi connectivity index (χ2v) is 6.56. The summed E-state index contributed by atoms with van der Waals surface area (Å²) >= 11 is 0. The summed E-state index contributed by atoms with van der Waals surface area (Å²) in [5.41, 5.74) is 4.98. The number of carbonyl (C=O) groups is 1. The average Bonchev–Trinajstić information content (AvgIpc) is 2.68. The van der Waals surface area contributed by atoms with Crippen LogP contribution < -0.4 is 15.4 Å². The number of carbonyl (C=O) groups excluding carboxylic acids is 1. The SMILES string of the molecule is C=C(C)/C(NC(=O)OC(C)c1ccccc1OC)=C(\NC)c1ccc(C)cc1. The third kappa shape index (κ3) is 5.16. The number of ether oxygens (including phenoxy) is 2. The van der Waals surface area contributed by atoms with Gasteiger partial charge in [0.2, 0.25) is 0 Å². The molecule has 0 aliphatic heterocycles. The highest BCUT2D eigenvalue weighted by Gasteiger charge is 2.18. The number of benzene rings is 2. The predicted octanol–water partition coefficient (Wildman–Crippen LogP) is 4.96. The standard InChI is InChI=1S/C23H28N2O3/c1-15(2)21(22(24-5)18-13-11-16(3)12-14-18)25-23(26)28-17(4)19-9-7-8-10-20(19)27-6/h7-14,17,24H,1H2,2-6H3,(H,25,26)/b22-21+. The van der Waals surface area contributed by atoms with Crippen molar-refractivity contribution in [2.24, 2.45) is 0 Å². The van der Waals surface area contributed by atoms with Crippen molar-refractivity contribution in [2.75, 3.05) is 14.2 Å². The first-order valence-electron chi connectivity index (χ1n) is 9.12. The summed E-state index contributed by atoms with van der Waals surface area (Å²) in [6, 6.07) is 15.5. The van der Waals surface area contributed by atoms with Gasteiger partial charge in [0.15, 0.2) is 0 Å². The van der Waals surface area contributed by atoms with Crippen LogP contribution in [0.1, 0.15) is 36.6 Å². The smallest absolute Gasteiger partial charge is 0.412 e. The zero-order valence-corrected chi connectivity index (χ0v) is 17.1. The molecule has 2 aromatic rings. The average molecular weight is 380 g/mol. The highest BCUT2D eigenvalue weighted by Crippen LogP contribution is 2.27. The maximum Gasteiger partial charge on any atom is 0.412 e. The molecule has 0 aliphatic rings. The number of nitrogens with one attached hydrogen (secondary N) is 2. The van der Waals surface area contributed by atoms with Gasteiger partial charge in [0, 0.05) is 12.6 Å². The van der Waals surface area contributed by atoms with Crippen molar-refractivity contribution >= 4 is 11.8 Å². The van der Waals surface area contributed by atoms with Gasteiger partial charge in [0.25, 0.3) is 0 Å². The molecule has 5 heteroatoms. The van der Waals surface area contributed by atoms with Crippen LogP contribution in [0.15, 0.2) is 66.4 Å². The van der Waals surface area contributed by atoms with Crippen LogP contribution in [-0.2, 0) is 4.74 Å². The Morgan fingerprint density at radius 1 is 1.11 bits per heavy atom. The van der Waals surface area contributed by atoms with E-state index in [0.29, 0.717) is 17.0 Å². The molecule has 0 spiro atoms. The molecule has 0 aromatic heterocycles. The van der Waals surface area contributed by atoms with Crippen LogP contribution in [0.2, 0.25) is 0 Å². The maximum absolute atomic E-state index is 12.6. The van der Waals surface area contributed by atoms with Crippen LogP contribution in [0, 0.1) is 6.92 Å². The fraction of sp³-hybridized carbons (Fsp3) is 0.261. The van der Waals surface area contributed by atoms with Crippen molar-refractivity contribution in [3.63, 3.8) is 0 Å². The van der Waals surface area contributed by atoms with E-state index in [4.69, 9.17) is 9.47 Å². The van der Waals surface area contributed by atoms with E-state index < -0.39 is 12.2 Å². The number of para-hydroxylation sites is 1. The van der Waals surface area contributed by atoms with Crippen LogP contribution in [-0.4, -0.2) is 20.3 Å². The molecule has 0 saturated carbocycles. The monoisotopic (exact) mass is 380 g/mol. The van der Waals surface area contributed by atoms with Crippen LogP contribution in [0.25, 0.3) is 5.70 Å². The fourth-order valence-electron chi connectivity index (χ4n) is 2.87. The Morgan fingerprint density at radius 3 is 2.32 bits per heavy atom. The summed E-state index contributed by atoms with van der Waals surface area (Å²) in [5.74, 6) is 0.675. The molecule has 0 aliphatic carbocycles. The topological polar surface area (TPSA) is 59.6 Å². The summed E-state index contributed by atoms with van der Waals surface area (Å²) in [6.45, 7) is 9.67. The van der Waals surface area contributed by atoms with Gasteiger partial charge in [-0.3, -0.25) is 5.32 Å². The Balaban J connectivity index is 2.24. The van der Waals surface area contributed by atoms with E-state index in [1.54, 1.807) is 14.0 Å². The van der Waals surface area contributed by atoms with Crippen LogP contribution >= 0.6 is 0 Å². The molecule has 2 aromatic carbocycles. The first-order valence-corrected chi connectivity index (χ1v) is 9.12. The van der Waals surface area contributed by atoms with Crippen LogP contribution in [0.4, 0.5) is 4.79 Å². The van der Waals surface area contributed by atoms with E-state index in [1.165, 1.54) is 0 Å². The van der Waals surface area contributed by atoms with Gasteiger partial charge in [-0.15, -0.1) is 0 Å². The summed E-state index contributed by atoms with van der Waals surface area (Å²) in [7, 11) is 3.40. The van der Waals surface area contributed by atoms with Gasteiger partial charge in [0.1, 0.15) is 11.9 Å². The Bertz CT molecular complexity index is 870. The van der Waals surface area contributed by atoms with Gasteiger partial charge in [-0.25, -0.2) is 4.79 Å². The summed E-state index contributed by atoms with van der Waals surface area (Å²) in [4.78, 5) is 12.6. The lowest BCUT2D eigenvalue weighted by molar-refractivity contribution is 0.108. The minimum Gasteiger partial charge on any atom is -0.496 e. The maximum atomic E-state index is 12.6. The minimum absolute atomic E-state index is 0.472. The fourth-order valence-corrected chi connectivity index (χ4v) is 2.87. The van der Waals surface area contributed by atoms with E-state index >= 15 is 0 Å². The lowest BCUT2D eigenvalue weighted by Gasteiger charge is -2.20. The Morgan fingerprint density at radius 2 is 1.75 bits per heavy atom. The molecule has 0 bridgehead atoms. The number of allylic oxidation sites excluding steroid dienone is 1. The van der Waals surface area contributed by atoms with Crippen LogP contribution in [0.5, 0.6) is 5.75 Å². The van der Waals surface area contributed by atoms with Crippen molar-refractivity contribution in [2.45, 2.75) is 26.9 Å². The van der Waals surface area contributed by atoms with E-state index in [9.17, 15) is 4.79 Å². The van der Waals surface area contributed by atoms with Gasteiger partial charge in [-0.2, -0.15) is 0 Å². The third-order valence-corrected chi connectivity index (χ3v) is 4.35. The molecule has 1 unspecified atom stereocenters. The number of amides is 1. The lowest BCUT2D eigenvalue weighted by atomic mass is 10.1. The zero-order valence-electron chi connectivity index (χ0n) is 17.1. The number of rotatable bonds is 7. The second kappa shape index (κ2) is 9.65. The number of alkyl carbamates (subject to hydrolysis) is 1. The van der Waals surface area contributed by atoms with Gasteiger partial charge in [-0.1, -0.05) is 54.6 Å². The van der Waals surface area contributed by atoms with Gasteiger partial charge in [-0.05, 0) is 38.0 Å². The van der Waals surface area contributed by atoms with E-state index in [-0.39, 0.29) is 0 Å². The highest BCUT2D eigenvalue weighted by molar-refractivity contribution is 5.78.